The van der Waals surface area contributed by atoms with E-state index in [-0.39, 0.29) is 22.7 Å². The van der Waals surface area contributed by atoms with Gasteiger partial charge in [-0.2, -0.15) is 0 Å². The van der Waals surface area contributed by atoms with Gasteiger partial charge >= 0.3 is 0 Å². The number of carbonyl (C=O) groups excluding carboxylic acids is 2. The summed E-state index contributed by atoms with van der Waals surface area (Å²) in [6.07, 6.45) is 0.290. The van der Waals surface area contributed by atoms with Crippen LogP contribution in [0.2, 0.25) is 0 Å². The molecule has 1 aliphatic heterocycles. The number of aryl methyl sites for hydroxylation is 1. The Morgan fingerprint density at radius 2 is 2.22 bits per heavy atom. The largest absolute Gasteiger partial charge is 0.308 e. The number of anilines is 1. The summed E-state index contributed by atoms with van der Waals surface area (Å²) in [5.41, 5.74) is 1.07. The van der Waals surface area contributed by atoms with Crippen molar-refractivity contribution >= 4 is 28.5 Å². The lowest BCUT2D eigenvalue weighted by Crippen LogP contribution is -2.26. The van der Waals surface area contributed by atoms with E-state index in [4.69, 9.17) is 0 Å². The van der Waals surface area contributed by atoms with Crippen LogP contribution in [0.1, 0.15) is 18.9 Å². The Kier molecular flexibility index (Phi) is 3.71. The third-order valence-electron chi connectivity index (χ3n) is 2.88. The van der Waals surface area contributed by atoms with Gasteiger partial charge in [-0.3, -0.25) is 9.59 Å². The molecule has 3 nitrogen and oxygen atoms in total. The second-order valence-corrected chi connectivity index (χ2v) is 5.82. The van der Waals surface area contributed by atoms with Crippen molar-refractivity contribution in [3.63, 3.8) is 0 Å². The zero-order valence-corrected chi connectivity index (χ0v) is 11.1. The molecule has 1 amide bonds. The maximum atomic E-state index is 13.8. The van der Waals surface area contributed by atoms with Crippen LogP contribution in [0.5, 0.6) is 0 Å². The van der Waals surface area contributed by atoms with E-state index < -0.39 is 5.82 Å². The second-order valence-electron chi connectivity index (χ2n) is 4.35. The summed E-state index contributed by atoms with van der Waals surface area (Å²) >= 11 is 1.15. The van der Waals surface area contributed by atoms with Crippen molar-refractivity contribution in [1.29, 1.82) is 0 Å². The first-order valence-electron chi connectivity index (χ1n) is 5.71. The molecule has 1 fully saturated rings. The molecule has 0 radical (unpaired) electrons. The van der Waals surface area contributed by atoms with Crippen LogP contribution in [-0.4, -0.2) is 22.8 Å². The average Bonchev–Trinajstić information content (AvgIpc) is 2.58. The van der Waals surface area contributed by atoms with Gasteiger partial charge < -0.3 is 4.90 Å². The lowest BCUT2D eigenvalue weighted by molar-refractivity contribution is -0.117. The third-order valence-corrected chi connectivity index (χ3v) is 3.86. The highest BCUT2D eigenvalue weighted by Gasteiger charge is 2.33. The van der Waals surface area contributed by atoms with Crippen molar-refractivity contribution in [2.24, 2.45) is 0 Å². The Labute approximate surface area is 109 Å². The van der Waals surface area contributed by atoms with Gasteiger partial charge in [0.15, 0.2) is 5.12 Å². The number of hydrogen-bond acceptors (Lipinski definition) is 3. The van der Waals surface area contributed by atoms with E-state index in [0.717, 1.165) is 17.3 Å². The van der Waals surface area contributed by atoms with Crippen LogP contribution in [0.3, 0.4) is 0 Å². The summed E-state index contributed by atoms with van der Waals surface area (Å²) in [4.78, 5) is 24.4. The van der Waals surface area contributed by atoms with Crippen LogP contribution in [0.4, 0.5) is 10.1 Å². The number of rotatable bonds is 2. The van der Waals surface area contributed by atoms with Crippen molar-refractivity contribution in [3.8, 4) is 0 Å². The van der Waals surface area contributed by atoms with Gasteiger partial charge in [0.05, 0.1) is 5.69 Å². The molecule has 18 heavy (non-hydrogen) atoms. The maximum absolute atomic E-state index is 13.8. The number of amides is 1. The highest BCUT2D eigenvalue weighted by atomic mass is 32.2. The highest BCUT2D eigenvalue weighted by Crippen LogP contribution is 2.32. The van der Waals surface area contributed by atoms with Gasteiger partial charge in [0.1, 0.15) is 5.82 Å². The van der Waals surface area contributed by atoms with E-state index in [2.05, 4.69) is 0 Å². The number of benzene rings is 1. The lowest BCUT2D eigenvalue weighted by atomic mass is 10.2. The molecule has 1 aliphatic rings. The Morgan fingerprint density at radius 3 is 2.83 bits per heavy atom. The molecule has 0 N–H and O–H groups in total. The molecule has 1 saturated heterocycles. The third kappa shape index (κ3) is 2.56. The normalized spacial score (nSPS) is 19.4. The summed E-state index contributed by atoms with van der Waals surface area (Å²) in [6.45, 7) is 3.65. The SMILES string of the molecule is CC(=O)SC1CC(=O)N(c2c(C)cccc2F)C1. The Hall–Kier alpha value is -1.36. The quantitative estimate of drug-likeness (QED) is 0.826. The zero-order chi connectivity index (χ0) is 13.3. The molecule has 96 valence electrons. The fourth-order valence-corrected chi connectivity index (χ4v) is 3.09. The van der Waals surface area contributed by atoms with Gasteiger partial charge in [-0.15, -0.1) is 0 Å². The minimum Gasteiger partial charge on any atom is -0.308 e. The molecular formula is C13H14FNO2S. The number of para-hydroxylation sites is 1. The fraction of sp³-hybridized carbons (Fsp3) is 0.385. The topological polar surface area (TPSA) is 37.4 Å². The number of thioether (sulfide) groups is 1. The standard InChI is InChI=1S/C13H14FNO2S/c1-8-4-3-5-11(14)13(8)15-7-10(6-12(15)17)18-9(2)16/h3-5,10H,6-7H2,1-2H3. The Bertz CT molecular complexity index is 484. The van der Waals surface area contributed by atoms with E-state index in [0.29, 0.717) is 12.2 Å². The summed E-state index contributed by atoms with van der Waals surface area (Å²) in [5, 5.41) is -0.0890. The molecule has 1 atom stereocenters. The molecule has 0 bridgehead atoms. The van der Waals surface area contributed by atoms with Crippen molar-refractivity contribution in [3.05, 3.63) is 29.6 Å². The molecule has 2 rings (SSSR count). The molecule has 1 aromatic carbocycles. The molecule has 0 saturated carbocycles. The molecule has 5 heteroatoms. The summed E-state index contributed by atoms with van der Waals surface area (Å²) in [7, 11) is 0. The first kappa shape index (κ1) is 13.1. The van der Waals surface area contributed by atoms with Crippen LogP contribution in [0.25, 0.3) is 0 Å². The van der Waals surface area contributed by atoms with Crippen LogP contribution in [0, 0.1) is 12.7 Å². The van der Waals surface area contributed by atoms with Gasteiger partial charge in [-0.1, -0.05) is 23.9 Å². The van der Waals surface area contributed by atoms with E-state index in [1.165, 1.54) is 17.9 Å². The minimum absolute atomic E-state index is 0.0140. The fourth-order valence-electron chi connectivity index (χ4n) is 2.17. The van der Waals surface area contributed by atoms with Crippen molar-refractivity contribution in [1.82, 2.24) is 0 Å². The average molecular weight is 267 g/mol. The predicted molar refractivity (Wildman–Crippen MR) is 70.2 cm³/mol. The first-order chi connectivity index (χ1) is 8.49. The van der Waals surface area contributed by atoms with Crippen LogP contribution < -0.4 is 4.90 Å². The summed E-state index contributed by atoms with van der Waals surface area (Å²) < 4.78 is 13.8. The van der Waals surface area contributed by atoms with E-state index in [9.17, 15) is 14.0 Å². The van der Waals surface area contributed by atoms with Gasteiger partial charge in [-0.05, 0) is 18.6 Å². The molecule has 0 aromatic heterocycles. The van der Waals surface area contributed by atoms with E-state index in [1.54, 1.807) is 19.1 Å². The zero-order valence-electron chi connectivity index (χ0n) is 10.3. The number of halogens is 1. The molecule has 0 spiro atoms. The number of nitrogens with zero attached hydrogens (tertiary/aromatic N) is 1. The molecule has 0 aliphatic carbocycles. The highest BCUT2D eigenvalue weighted by molar-refractivity contribution is 8.14. The maximum Gasteiger partial charge on any atom is 0.228 e. The summed E-state index contributed by atoms with van der Waals surface area (Å²) in [5.74, 6) is -0.515. The van der Waals surface area contributed by atoms with Crippen LogP contribution in [0.15, 0.2) is 18.2 Å². The monoisotopic (exact) mass is 267 g/mol. The molecule has 1 aromatic rings. The van der Waals surface area contributed by atoms with Crippen molar-refractivity contribution < 1.29 is 14.0 Å². The van der Waals surface area contributed by atoms with Crippen molar-refractivity contribution in [2.75, 3.05) is 11.4 Å². The van der Waals surface area contributed by atoms with Crippen LogP contribution in [-0.2, 0) is 9.59 Å². The number of carbonyl (C=O) groups is 2. The van der Waals surface area contributed by atoms with Gasteiger partial charge in [-0.25, -0.2) is 4.39 Å². The summed E-state index contributed by atoms with van der Waals surface area (Å²) in [6, 6.07) is 4.74. The predicted octanol–water partition coefficient (Wildman–Crippen LogP) is 2.52. The second kappa shape index (κ2) is 5.10. The van der Waals surface area contributed by atoms with Gasteiger partial charge in [0.2, 0.25) is 5.91 Å². The van der Waals surface area contributed by atoms with Crippen LogP contribution >= 0.6 is 11.8 Å². The molecule has 1 heterocycles. The lowest BCUT2D eigenvalue weighted by Gasteiger charge is -2.19. The van der Waals surface area contributed by atoms with E-state index in [1.807, 2.05) is 0 Å². The molecular weight excluding hydrogens is 253 g/mol. The smallest absolute Gasteiger partial charge is 0.228 e. The Balaban J connectivity index is 2.24. The van der Waals surface area contributed by atoms with E-state index >= 15 is 0 Å². The van der Waals surface area contributed by atoms with Gasteiger partial charge in [0.25, 0.3) is 0 Å². The molecule has 1 unspecified atom stereocenters. The number of hydrogen-bond donors (Lipinski definition) is 0. The first-order valence-corrected chi connectivity index (χ1v) is 6.59. The Morgan fingerprint density at radius 1 is 1.50 bits per heavy atom. The van der Waals surface area contributed by atoms with Gasteiger partial charge in [0, 0.05) is 25.1 Å². The van der Waals surface area contributed by atoms with Crippen molar-refractivity contribution in [2.45, 2.75) is 25.5 Å². The minimum atomic E-state index is -0.392.